The Morgan fingerprint density at radius 2 is 2.00 bits per heavy atom. The molecule has 0 radical (unpaired) electrons. The molecule has 1 atom stereocenters. The van der Waals surface area contributed by atoms with E-state index in [1.807, 2.05) is 0 Å². The summed E-state index contributed by atoms with van der Waals surface area (Å²) < 4.78 is 5.31. The Bertz CT molecular complexity index is 684. The molecule has 1 aromatic rings. The van der Waals surface area contributed by atoms with Gasteiger partial charge in [0.1, 0.15) is 0 Å². The average molecular weight is 332 g/mol. The number of piperidine rings is 1. The van der Waals surface area contributed by atoms with Gasteiger partial charge in [0.05, 0.1) is 10.8 Å². The molecule has 0 spiro atoms. The van der Waals surface area contributed by atoms with Crippen LogP contribution in [-0.2, 0) is 9.59 Å². The summed E-state index contributed by atoms with van der Waals surface area (Å²) in [7, 11) is 0. The van der Waals surface area contributed by atoms with Gasteiger partial charge in [0, 0.05) is 24.6 Å². The predicted octanol–water partition coefficient (Wildman–Crippen LogP) is 2.46. The first kappa shape index (κ1) is 16.4. The number of ether oxygens (including phenoxy) is 1. The lowest BCUT2D eigenvalue weighted by Crippen LogP contribution is -2.44. The van der Waals surface area contributed by atoms with Gasteiger partial charge in [-0.05, 0) is 38.7 Å². The number of nitro groups is 1. The van der Waals surface area contributed by atoms with Crippen LogP contribution >= 0.6 is 0 Å². The molecule has 1 saturated heterocycles. The summed E-state index contributed by atoms with van der Waals surface area (Å²) in [6.45, 7) is 2.61. The van der Waals surface area contributed by atoms with Gasteiger partial charge in [-0.3, -0.25) is 19.7 Å². The second-order valence-corrected chi connectivity index (χ2v) is 6.50. The highest BCUT2D eigenvalue weighted by Crippen LogP contribution is 2.34. The Kier molecular flexibility index (Phi) is 4.51. The average Bonchev–Trinajstić information content (AvgIpc) is 3.39. The third-order valence-corrected chi connectivity index (χ3v) is 4.59. The number of carbonyl (C=O) groups is 2. The van der Waals surface area contributed by atoms with Crippen molar-refractivity contribution in [2.75, 3.05) is 13.1 Å². The van der Waals surface area contributed by atoms with Crippen LogP contribution in [0.25, 0.3) is 0 Å². The minimum Gasteiger partial charge on any atom is -0.419 e. The normalized spacial score (nSPS) is 20.5. The lowest BCUT2D eigenvalue weighted by atomic mass is 9.98. The van der Waals surface area contributed by atoms with E-state index in [0.717, 1.165) is 19.3 Å². The fraction of sp³-hybridized carbons (Fsp3) is 0.529. The van der Waals surface area contributed by atoms with Gasteiger partial charge in [0.2, 0.25) is 11.7 Å². The fourth-order valence-electron chi connectivity index (χ4n) is 3.10. The van der Waals surface area contributed by atoms with E-state index >= 15 is 0 Å². The summed E-state index contributed by atoms with van der Waals surface area (Å²) in [6.07, 6.45) is 3.24. The van der Waals surface area contributed by atoms with Crippen LogP contribution in [0.3, 0.4) is 0 Å². The zero-order valence-corrected chi connectivity index (χ0v) is 13.6. The van der Waals surface area contributed by atoms with Gasteiger partial charge in [-0.15, -0.1) is 0 Å². The van der Waals surface area contributed by atoms with Gasteiger partial charge in [-0.1, -0.05) is 12.1 Å². The maximum Gasteiger partial charge on any atom is 0.316 e. The van der Waals surface area contributed by atoms with Gasteiger partial charge in [-0.25, -0.2) is 0 Å². The molecule has 0 N–H and O–H groups in total. The van der Waals surface area contributed by atoms with Crippen LogP contribution in [0, 0.1) is 28.9 Å². The molecule has 2 fully saturated rings. The minimum atomic E-state index is -0.540. The summed E-state index contributed by atoms with van der Waals surface area (Å²) in [5.41, 5.74) is 0.257. The summed E-state index contributed by atoms with van der Waals surface area (Å²) in [4.78, 5) is 37.0. The standard InChI is InChI=1S/C17H20N2O5/c1-11-4-2-6-14(15(11)19(22)23)24-17(21)13-5-3-9-18(10-13)16(20)12-7-8-12/h2,4,6,12-13H,3,5,7-10H2,1H3. The van der Waals surface area contributed by atoms with Gasteiger partial charge in [0.25, 0.3) is 0 Å². The Hall–Kier alpha value is -2.44. The first-order valence-corrected chi connectivity index (χ1v) is 8.22. The van der Waals surface area contributed by atoms with E-state index in [1.54, 1.807) is 24.0 Å². The number of nitrogens with zero attached hydrogens (tertiary/aromatic N) is 2. The highest BCUT2D eigenvalue weighted by molar-refractivity contribution is 5.83. The van der Waals surface area contributed by atoms with Crippen molar-refractivity contribution in [1.29, 1.82) is 0 Å². The predicted molar refractivity (Wildman–Crippen MR) is 85.5 cm³/mol. The molecule has 1 aliphatic heterocycles. The molecule has 0 bridgehead atoms. The molecule has 2 aliphatic rings. The summed E-state index contributed by atoms with van der Waals surface area (Å²) in [6, 6.07) is 4.65. The number of rotatable bonds is 4. The van der Waals surface area contributed by atoms with Crippen LogP contribution in [0.2, 0.25) is 0 Å². The number of para-hydroxylation sites is 1. The van der Waals surface area contributed by atoms with Crippen LogP contribution in [0.1, 0.15) is 31.2 Å². The van der Waals surface area contributed by atoms with Crippen molar-refractivity contribution in [2.45, 2.75) is 32.6 Å². The lowest BCUT2D eigenvalue weighted by molar-refractivity contribution is -0.386. The van der Waals surface area contributed by atoms with Gasteiger partial charge >= 0.3 is 11.7 Å². The molecule has 1 amide bonds. The number of hydrogen-bond donors (Lipinski definition) is 0. The maximum atomic E-state index is 12.4. The maximum absolute atomic E-state index is 12.4. The zero-order chi connectivity index (χ0) is 17.3. The Balaban J connectivity index is 1.69. The Morgan fingerprint density at radius 1 is 1.25 bits per heavy atom. The van der Waals surface area contributed by atoms with Crippen molar-refractivity contribution in [2.24, 2.45) is 11.8 Å². The number of benzene rings is 1. The molecular weight excluding hydrogens is 312 g/mol. The lowest BCUT2D eigenvalue weighted by Gasteiger charge is -2.31. The van der Waals surface area contributed by atoms with Crippen LogP contribution in [0.15, 0.2) is 18.2 Å². The molecule has 1 saturated carbocycles. The molecule has 1 aliphatic carbocycles. The minimum absolute atomic E-state index is 0.0318. The van der Waals surface area contributed by atoms with Crippen LogP contribution in [-0.4, -0.2) is 34.8 Å². The third kappa shape index (κ3) is 3.39. The van der Waals surface area contributed by atoms with Crippen molar-refractivity contribution in [1.82, 2.24) is 4.90 Å². The number of nitro benzene ring substituents is 1. The van der Waals surface area contributed by atoms with Gasteiger partial charge in [0.15, 0.2) is 0 Å². The number of aryl methyl sites for hydroxylation is 1. The van der Waals surface area contributed by atoms with Crippen molar-refractivity contribution in [3.05, 3.63) is 33.9 Å². The molecule has 7 heteroatoms. The van der Waals surface area contributed by atoms with Crippen molar-refractivity contribution in [3.8, 4) is 5.75 Å². The zero-order valence-electron chi connectivity index (χ0n) is 13.6. The number of esters is 1. The fourth-order valence-corrected chi connectivity index (χ4v) is 3.10. The van der Waals surface area contributed by atoms with E-state index in [1.165, 1.54) is 6.07 Å². The largest absolute Gasteiger partial charge is 0.419 e. The smallest absolute Gasteiger partial charge is 0.316 e. The van der Waals surface area contributed by atoms with Gasteiger partial charge < -0.3 is 9.64 Å². The van der Waals surface area contributed by atoms with Crippen LogP contribution in [0.4, 0.5) is 5.69 Å². The number of amides is 1. The monoisotopic (exact) mass is 332 g/mol. The summed E-state index contributed by atoms with van der Waals surface area (Å²) >= 11 is 0. The highest BCUT2D eigenvalue weighted by atomic mass is 16.6. The van der Waals surface area contributed by atoms with E-state index in [2.05, 4.69) is 0 Å². The molecule has 1 heterocycles. The third-order valence-electron chi connectivity index (χ3n) is 4.59. The summed E-state index contributed by atoms with van der Waals surface area (Å²) in [5.74, 6) is -0.721. The van der Waals surface area contributed by atoms with E-state index in [9.17, 15) is 19.7 Å². The molecule has 3 rings (SSSR count). The number of likely N-dealkylation sites (tertiary alicyclic amines) is 1. The van der Waals surface area contributed by atoms with Crippen LogP contribution in [0.5, 0.6) is 5.75 Å². The van der Waals surface area contributed by atoms with Crippen LogP contribution < -0.4 is 4.74 Å². The Morgan fingerprint density at radius 3 is 2.67 bits per heavy atom. The molecular formula is C17H20N2O5. The molecule has 1 aromatic carbocycles. The molecule has 7 nitrogen and oxygen atoms in total. The quantitative estimate of drug-likeness (QED) is 0.366. The second-order valence-electron chi connectivity index (χ2n) is 6.50. The molecule has 24 heavy (non-hydrogen) atoms. The highest BCUT2D eigenvalue weighted by Gasteiger charge is 2.37. The van der Waals surface area contributed by atoms with E-state index in [0.29, 0.717) is 25.1 Å². The van der Waals surface area contributed by atoms with Gasteiger partial charge in [-0.2, -0.15) is 0 Å². The van der Waals surface area contributed by atoms with E-state index < -0.39 is 16.8 Å². The van der Waals surface area contributed by atoms with E-state index in [4.69, 9.17) is 4.74 Å². The number of hydrogen-bond acceptors (Lipinski definition) is 5. The second kappa shape index (κ2) is 6.59. The molecule has 0 aromatic heterocycles. The topological polar surface area (TPSA) is 89.8 Å². The van der Waals surface area contributed by atoms with Crippen molar-refractivity contribution >= 4 is 17.6 Å². The van der Waals surface area contributed by atoms with Crippen molar-refractivity contribution in [3.63, 3.8) is 0 Å². The Labute approximate surface area is 139 Å². The SMILES string of the molecule is Cc1cccc(OC(=O)C2CCCN(C(=O)C3CC3)C2)c1[N+](=O)[O-]. The number of carbonyl (C=O) groups excluding carboxylic acids is 2. The first-order chi connectivity index (χ1) is 11.5. The van der Waals surface area contributed by atoms with E-state index in [-0.39, 0.29) is 23.3 Å². The summed E-state index contributed by atoms with van der Waals surface area (Å²) in [5, 5.41) is 11.2. The van der Waals surface area contributed by atoms with Crippen molar-refractivity contribution < 1.29 is 19.2 Å². The first-order valence-electron chi connectivity index (χ1n) is 8.22. The molecule has 1 unspecified atom stereocenters. The molecule has 128 valence electrons.